The number of nitrogens with two attached hydrogens (primary N) is 1. The molecule has 0 bridgehead atoms. The Labute approximate surface area is 112 Å². The smallest absolute Gasteiger partial charge is 0.231 e. The van der Waals surface area contributed by atoms with Crippen LogP contribution in [0.2, 0.25) is 0 Å². The van der Waals surface area contributed by atoms with Gasteiger partial charge in [0.25, 0.3) is 0 Å². The van der Waals surface area contributed by atoms with E-state index < -0.39 is 0 Å². The molecule has 1 saturated heterocycles. The summed E-state index contributed by atoms with van der Waals surface area (Å²) in [5, 5.41) is 3.30. The maximum Gasteiger partial charge on any atom is 0.231 e. The van der Waals surface area contributed by atoms with Crippen molar-refractivity contribution in [2.75, 3.05) is 36.1 Å². The Morgan fingerprint density at radius 1 is 1.21 bits per heavy atom. The third-order valence-electron chi connectivity index (χ3n) is 3.79. The van der Waals surface area contributed by atoms with Gasteiger partial charge in [0.05, 0.1) is 6.10 Å². The van der Waals surface area contributed by atoms with Gasteiger partial charge in [-0.3, -0.25) is 0 Å². The lowest BCUT2D eigenvalue weighted by Gasteiger charge is -2.34. The van der Waals surface area contributed by atoms with Crippen molar-refractivity contribution < 1.29 is 4.74 Å². The normalized spacial score (nSPS) is 26.3. The fourth-order valence-electron chi connectivity index (χ4n) is 2.56. The zero-order chi connectivity index (χ0) is 13.2. The molecule has 1 aromatic rings. The van der Waals surface area contributed by atoms with E-state index in [4.69, 9.17) is 10.5 Å². The van der Waals surface area contributed by atoms with Crippen molar-refractivity contribution >= 4 is 17.8 Å². The van der Waals surface area contributed by atoms with Crippen LogP contribution in [0, 0.1) is 0 Å². The molecule has 1 aromatic heterocycles. The Kier molecular flexibility index (Phi) is 3.37. The number of hydrogen-bond acceptors (Lipinski definition) is 7. The summed E-state index contributed by atoms with van der Waals surface area (Å²) in [5.74, 6) is 1.55. The van der Waals surface area contributed by atoms with Crippen molar-refractivity contribution in [1.82, 2.24) is 15.0 Å². The van der Waals surface area contributed by atoms with E-state index >= 15 is 0 Å². The number of rotatable bonds is 4. The molecule has 0 aromatic carbocycles. The molecule has 1 aliphatic carbocycles. The zero-order valence-electron chi connectivity index (χ0n) is 11.2. The molecule has 7 heteroatoms. The third-order valence-corrected chi connectivity index (χ3v) is 3.79. The molecular formula is C12H20N6O. The minimum absolute atomic E-state index is 0.280. The third kappa shape index (κ3) is 2.70. The van der Waals surface area contributed by atoms with Gasteiger partial charge in [-0.15, -0.1) is 0 Å². The van der Waals surface area contributed by atoms with E-state index in [0.717, 1.165) is 25.9 Å². The Morgan fingerprint density at radius 3 is 2.63 bits per heavy atom. The highest BCUT2D eigenvalue weighted by Crippen LogP contribution is 2.26. The summed E-state index contributed by atoms with van der Waals surface area (Å²) in [6.07, 6.45) is 4.70. The molecule has 0 unspecified atom stereocenters. The van der Waals surface area contributed by atoms with Gasteiger partial charge in [0, 0.05) is 26.2 Å². The SMILES string of the molecule is COC1CC(Nc2nc(N)nc(N3CCCC3)n2)C1. The second-order valence-electron chi connectivity index (χ2n) is 5.18. The monoisotopic (exact) mass is 264 g/mol. The lowest BCUT2D eigenvalue weighted by molar-refractivity contribution is 0.0327. The summed E-state index contributed by atoms with van der Waals surface area (Å²) in [5.41, 5.74) is 5.76. The molecule has 2 heterocycles. The molecule has 1 aliphatic heterocycles. The van der Waals surface area contributed by atoms with Crippen LogP contribution in [-0.2, 0) is 4.74 Å². The minimum atomic E-state index is 0.280. The van der Waals surface area contributed by atoms with Gasteiger partial charge in [0.2, 0.25) is 17.8 Å². The van der Waals surface area contributed by atoms with Gasteiger partial charge in [0.15, 0.2) is 0 Å². The number of nitrogens with zero attached hydrogens (tertiary/aromatic N) is 4. The lowest BCUT2D eigenvalue weighted by atomic mass is 9.89. The topological polar surface area (TPSA) is 89.2 Å². The molecule has 19 heavy (non-hydrogen) atoms. The fourth-order valence-corrected chi connectivity index (χ4v) is 2.56. The van der Waals surface area contributed by atoms with Gasteiger partial charge in [-0.1, -0.05) is 0 Å². The Hall–Kier alpha value is -1.63. The summed E-state index contributed by atoms with van der Waals surface area (Å²) >= 11 is 0. The summed E-state index contributed by atoms with van der Waals surface area (Å²) in [6, 6.07) is 0.373. The minimum Gasteiger partial charge on any atom is -0.381 e. The van der Waals surface area contributed by atoms with Crippen LogP contribution in [0.5, 0.6) is 0 Å². The number of anilines is 3. The van der Waals surface area contributed by atoms with E-state index in [0.29, 0.717) is 24.0 Å². The molecule has 3 N–H and O–H groups in total. The van der Waals surface area contributed by atoms with Crippen molar-refractivity contribution in [1.29, 1.82) is 0 Å². The van der Waals surface area contributed by atoms with Crippen LogP contribution in [0.15, 0.2) is 0 Å². The van der Waals surface area contributed by atoms with Gasteiger partial charge >= 0.3 is 0 Å². The summed E-state index contributed by atoms with van der Waals surface area (Å²) in [6.45, 7) is 2.00. The Morgan fingerprint density at radius 2 is 1.95 bits per heavy atom. The van der Waals surface area contributed by atoms with Crippen LogP contribution >= 0.6 is 0 Å². The second kappa shape index (κ2) is 5.16. The lowest BCUT2D eigenvalue weighted by Crippen LogP contribution is -2.40. The first-order valence-electron chi connectivity index (χ1n) is 6.80. The molecule has 2 fully saturated rings. The molecule has 0 amide bonds. The van der Waals surface area contributed by atoms with Crippen molar-refractivity contribution in [3.05, 3.63) is 0 Å². The van der Waals surface area contributed by atoms with Gasteiger partial charge in [-0.25, -0.2) is 0 Å². The number of methoxy groups -OCH3 is 1. The van der Waals surface area contributed by atoms with E-state index in [2.05, 4.69) is 25.2 Å². The molecule has 2 aliphatic rings. The van der Waals surface area contributed by atoms with Gasteiger partial charge in [-0.2, -0.15) is 15.0 Å². The second-order valence-corrected chi connectivity index (χ2v) is 5.18. The molecule has 104 valence electrons. The fraction of sp³-hybridized carbons (Fsp3) is 0.750. The van der Waals surface area contributed by atoms with E-state index in [9.17, 15) is 0 Å². The van der Waals surface area contributed by atoms with Gasteiger partial charge < -0.3 is 20.7 Å². The molecule has 0 radical (unpaired) electrons. The van der Waals surface area contributed by atoms with Crippen LogP contribution < -0.4 is 16.0 Å². The molecule has 0 atom stereocenters. The summed E-state index contributed by atoms with van der Waals surface area (Å²) in [7, 11) is 1.74. The molecule has 1 saturated carbocycles. The van der Waals surface area contributed by atoms with Crippen molar-refractivity contribution in [2.45, 2.75) is 37.8 Å². The Bertz CT molecular complexity index is 442. The predicted molar refractivity (Wildman–Crippen MR) is 73.1 cm³/mol. The van der Waals surface area contributed by atoms with Crippen LogP contribution in [0.3, 0.4) is 0 Å². The molecule has 0 spiro atoms. The molecule has 7 nitrogen and oxygen atoms in total. The average molecular weight is 264 g/mol. The maximum atomic E-state index is 5.76. The Balaban J connectivity index is 1.67. The van der Waals surface area contributed by atoms with E-state index in [1.165, 1.54) is 12.8 Å². The van der Waals surface area contributed by atoms with Crippen LogP contribution in [-0.4, -0.2) is 47.3 Å². The summed E-state index contributed by atoms with van der Waals surface area (Å²) < 4.78 is 5.26. The number of nitrogens with one attached hydrogen (secondary N) is 1. The van der Waals surface area contributed by atoms with Crippen molar-refractivity contribution in [2.24, 2.45) is 0 Å². The zero-order valence-corrected chi connectivity index (χ0v) is 11.2. The predicted octanol–water partition coefficient (Wildman–Crippen LogP) is 0.643. The highest BCUT2D eigenvalue weighted by atomic mass is 16.5. The van der Waals surface area contributed by atoms with E-state index in [1.807, 2.05) is 0 Å². The first kappa shape index (κ1) is 12.4. The quantitative estimate of drug-likeness (QED) is 0.825. The highest BCUT2D eigenvalue weighted by Gasteiger charge is 2.29. The molecular weight excluding hydrogens is 244 g/mol. The first-order chi connectivity index (χ1) is 9.24. The van der Waals surface area contributed by atoms with Crippen molar-refractivity contribution in [3.63, 3.8) is 0 Å². The highest BCUT2D eigenvalue weighted by molar-refractivity contribution is 5.43. The average Bonchev–Trinajstić information content (AvgIpc) is 2.86. The number of aromatic nitrogens is 3. The van der Waals surface area contributed by atoms with Crippen molar-refractivity contribution in [3.8, 4) is 0 Å². The number of nitrogen functional groups attached to an aromatic ring is 1. The number of hydrogen-bond donors (Lipinski definition) is 2. The van der Waals surface area contributed by atoms with Crippen LogP contribution in [0.1, 0.15) is 25.7 Å². The standard InChI is InChI=1S/C12H20N6O/c1-19-9-6-8(7-9)14-11-15-10(13)16-12(17-11)18-4-2-3-5-18/h8-9H,2-7H2,1H3,(H3,13,14,15,16,17). The van der Waals surface area contributed by atoms with Gasteiger partial charge in [0.1, 0.15) is 0 Å². The summed E-state index contributed by atoms with van der Waals surface area (Å²) in [4.78, 5) is 15.0. The van der Waals surface area contributed by atoms with Gasteiger partial charge in [-0.05, 0) is 25.7 Å². The largest absolute Gasteiger partial charge is 0.381 e. The van der Waals surface area contributed by atoms with E-state index in [-0.39, 0.29) is 5.95 Å². The van der Waals surface area contributed by atoms with E-state index in [1.54, 1.807) is 7.11 Å². The number of ether oxygens (including phenoxy) is 1. The van der Waals surface area contributed by atoms with Crippen LogP contribution in [0.25, 0.3) is 0 Å². The maximum absolute atomic E-state index is 5.76. The molecule has 3 rings (SSSR count). The van der Waals surface area contributed by atoms with Crippen LogP contribution in [0.4, 0.5) is 17.8 Å². The first-order valence-corrected chi connectivity index (χ1v) is 6.80.